The standard InChI is InChI=1S/C20H39/c1-4-7-9-10-11-12-13-14-15-16-19-20(17-6-3)18-8-5-2/h6H,3-5,7-19H2,1-2H3. The van der Waals surface area contributed by atoms with E-state index in [4.69, 9.17) is 0 Å². The lowest BCUT2D eigenvalue weighted by Crippen LogP contribution is -1.96. The molecule has 0 saturated heterocycles. The molecule has 0 heterocycles. The lowest BCUT2D eigenvalue weighted by atomic mass is 9.92. The molecule has 119 valence electrons. The third-order valence-corrected chi connectivity index (χ3v) is 4.20. The molecule has 0 nitrogen and oxygen atoms in total. The normalized spacial score (nSPS) is 11.2. The second kappa shape index (κ2) is 16.8. The number of allylic oxidation sites excluding steroid dienone is 1. The van der Waals surface area contributed by atoms with Gasteiger partial charge in [0.2, 0.25) is 0 Å². The van der Waals surface area contributed by atoms with Crippen molar-refractivity contribution in [2.45, 2.75) is 110 Å². The molecule has 0 aliphatic rings. The third kappa shape index (κ3) is 14.2. The van der Waals surface area contributed by atoms with Gasteiger partial charge < -0.3 is 0 Å². The summed E-state index contributed by atoms with van der Waals surface area (Å²) in [5.74, 6) is 1.74. The summed E-state index contributed by atoms with van der Waals surface area (Å²) in [5, 5.41) is 0. The van der Waals surface area contributed by atoms with Gasteiger partial charge in [0.05, 0.1) is 0 Å². The summed E-state index contributed by atoms with van der Waals surface area (Å²) in [6.07, 6.45) is 23.0. The van der Waals surface area contributed by atoms with E-state index in [1.54, 1.807) is 5.92 Å². The van der Waals surface area contributed by atoms with Crippen LogP contribution in [0.5, 0.6) is 0 Å². The molecule has 0 rings (SSSR count). The van der Waals surface area contributed by atoms with Gasteiger partial charge in [0.1, 0.15) is 0 Å². The fourth-order valence-corrected chi connectivity index (χ4v) is 2.82. The van der Waals surface area contributed by atoms with Crippen LogP contribution in [0.4, 0.5) is 0 Å². The molecule has 0 saturated carbocycles. The molecule has 0 aromatic heterocycles. The molecule has 0 N–H and O–H groups in total. The molecule has 0 atom stereocenters. The van der Waals surface area contributed by atoms with Crippen LogP contribution in [0.15, 0.2) is 12.7 Å². The van der Waals surface area contributed by atoms with Crippen LogP contribution in [0.3, 0.4) is 0 Å². The minimum atomic E-state index is 1.15. The molecule has 1 radical (unpaired) electrons. The third-order valence-electron chi connectivity index (χ3n) is 4.20. The first-order valence-corrected chi connectivity index (χ1v) is 9.29. The summed E-state index contributed by atoms with van der Waals surface area (Å²) in [6.45, 7) is 8.46. The van der Waals surface area contributed by atoms with Crippen molar-refractivity contribution in [2.75, 3.05) is 0 Å². The number of hydrogen-bond acceptors (Lipinski definition) is 0. The molecule has 0 bridgehead atoms. The smallest absolute Gasteiger partial charge is 0.0204 e. The van der Waals surface area contributed by atoms with Crippen LogP contribution in [0.25, 0.3) is 0 Å². The van der Waals surface area contributed by atoms with Gasteiger partial charge in [-0.25, -0.2) is 0 Å². The maximum absolute atomic E-state index is 3.89. The first kappa shape index (κ1) is 19.7. The predicted octanol–water partition coefficient (Wildman–Crippen LogP) is 7.64. The Morgan fingerprint density at radius 1 is 0.650 bits per heavy atom. The molecular weight excluding hydrogens is 240 g/mol. The number of rotatable bonds is 16. The maximum Gasteiger partial charge on any atom is -0.0204 e. The molecule has 0 spiro atoms. The van der Waals surface area contributed by atoms with Gasteiger partial charge in [-0.3, -0.25) is 0 Å². The first-order chi connectivity index (χ1) is 9.85. The highest BCUT2D eigenvalue weighted by Crippen LogP contribution is 2.23. The second-order valence-electron chi connectivity index (χ2n) is 6.28. The quantitative estimate of drug-likeness (QED) is 0.201. The van der Waals surface area contributed by atoms with Crippen molar-refractivity contribution in [3.63, 3.8) is 0 Å². The van der Waals surface area contributed by atoms with E-state index in [0.717, 1.165) is 6.42 Å². The highest BCUT2D eigenvalue weighted by atomic mass is 14.1. The van der Waals surface area contributed by atoms with Crippen LogP contribution in [-0.2, 0) is 0 Å². The summed E-state index contributed by atoms with van der Waals surface area (Å²) in [7, 11) is 0. The Bertz CT molecular complexity index is 182. The largest absolute Gasteiger partial charge is 0.103 e. The number of hydrogen-bond donors (Lipinski definition) is 0. The van der Waals surface area contributed by atoms with Gasteiger partial charge >= 0.3 is 0 Å². The van der Waals surface area contributed by atoms with E-state index in [0.29, 0.717) is 0 Å². The van der Waals surface area contributed by atoms with Crippen molar-refractivity contribution >= 4 is 0 Å². The van der Waals surface area contributed by atoms with E-state index in [1.165, 1.54) is 89.9 Å². The minimum Gasteiger partial charge on any atom is -0.103 e. The zero-order valence-corrected chi connectivity index (χ0v) is 14.4. The Labute approximate surface area is 129 Å². The summed E-state index contributed by atoms with van der Waals surface area (Å²) in [5.41, 5.74) is 0. The molecular formula is C20H39. The van der Waals surface area contributed by atoms with Gasteiger partial charge in [-0.15, -0.1) is 6.58 Å². The van der Waals surface area contributed by atoms with Gasteiger partial charge in [0, 0.05) is 0 Å². The van der Waals surface area contributed by atoms with E-state index in [9.17, 15) is 0 Å². The number of unbranched alkanes of at least 4 members (excludes halogenated alkanes) is 10. The van der Waals surface area contributed by atoms with Crippen molar-refractivity contribution in [2.24, 2.45) is 0 Å². The fourth-order valence-electron chi connectivity index (χ4n) is 2.82. The van der Waals surface area contributed by atoms with Crippen molar-refractivity contribution in [3.05, 3.63) is 18.6 Å². The predicted molar refractivity (Wildman–Crippen MR) is 94.0 cm³/mol. The van der Waals surface area contributed by atoms with Gasteiger partial charge in [-0.1, -0.05) is 97.0 Å². The van der Waals surface area contributed by atoms with Crippen LogP contribution in [0, 0.1) is 5.92 Å². The van der Waals surface area contributed by atoms with Gasteiger partial charge in [-0.2, -0.15) is 0 Å². The summed E-state index contributed by atoms with van der Waals surface area (Å²) in [6, 6.07) is 0. The Hall–Kier alpha value is -0.260. The lowest BCUT2D eigenvalue weighted by molar-refractivity contribution is 0.541. The monoisotopic (exact) mass is 279 g/mol. The summed E-state index contributed by atoms with van der Waals surface area (Å²) in [4.78, 5) is 0. The van der Waals surface area contributed by atoms with Crippen molar-refractivity contribution in [1.29, 1.82) is 0 Å². The Balaban J connectivity index is 3.29. The molecule has 0 fully saturated rings. The van der Waals surface area contributed by atoms with Crippen LogP contribution in [-0.4, -0.2) is 0 Å². The van der Waals surface area contributed by atoms with Gasteiger partial charge in [-0.05, 0) is 25.2 Å². The average Bonchev–Trinajstić information content (AvgIpc) is 2.46. The fraction of sp³-hybridized carbons (Fsp3) is 0.850. The average molecular weight is 280 g/mol. The molecule has 20 heavy (non-hydrogen) atoms. The van der Waals surface area contributed by atoms with E-state index < -0.39 is 0 Å². The molecule has 0 aliphatic heterocycles. The summed E-state index contributed by atoms with van der Waals surface area (Å²) >= 11 is 0. The topological polar surface area (TPSA) is 0 Å². The van der Waals surface area contributed by atoms with Gasteiger partial charge in [0.15, 0.2) is 0 Å². The molecule has 0 amide bonds. The Morgan fingerprint density at radius 3 is 1.60 bits per heavy atom. The molecule has 0 heteroatoms. The molecule has 0 unspecified atom stereocenters. The maximum atomic E-state index is 3.89. The zero-order valence-electron chi connectivity index (χ0n) is 14.4. The SMILES string of the molecule is C=CC[C](CCCC)CCCCCCCCCCCC. The Morgan fingerprint density at radius 2 is 1.10 bits per heavy atom. The molecule has 0 aromatic carbocycles. The first-order valence-electron chi connectivity index (χ1n) is 9.29. The van der Waals surface area contributed by atoms with E-state index in [2.05, 4.69) is 26.5 Å². The Kier molecular flexibility index (Phi) is 16.6. The van der Waals surface area contributed by atoms with E-state index in [-0.39, 0.29) is 0 Å². The van der Waals surface area contributed by atoms with Crippen LogP contribution in [0.2, 0.25) is 0 Å². The molecule has 0 aliphatic carbocycles. The van der Waals surface area contributed by atoms with Crippen molar-refractivity contribution in [3.8, 4) is 0 Å². The highest BCUT2D eigenvalue weighted by molar-refractivity contribution is 4.95. The van der Waals surface area contributed by atoms with Crippen LogP contribution in [0.1, 0.15) is 110 Å². The highest BCUT2D eigenvalue weighted by Gasteiger charge is 2.06. The second-order valence-corrected chi connectivity index (χ2v) is 6.28. The summed E-state index contributed by atoms with van der Waals surface area (Å²) < 4.78 is 0. The van der Waals surface area contributed by atoms with E-state index in [1.807, 2.05) is 0 Å². The zero-order chi connectivity index (χ0) is 14.9. The van der Waals surface area contributed by atoms with E-state index >= 15 is 0 Å². The van der Waals surface area contributed by atoms with Crippen LogP contribution < -0.4 is 0 Å². The van der Waals surface area contributed by atoms with Crippen LogP contribution >= 0.6 is 0 Å². The minimum absolute atomic E-state index is 1.15. The molecule has 0 aromatic rings. The van der Waals surface area contributed by atoms with Crippen molar-refractivity contribution < 1.29 is 0 Å². The van der Waals surface area contributed by atoms with Crippen molar-refractivity contribution in [1.82, 2.24) is 0 Å². The van der Waals surface area contributed by atoms with Gasteiger partial charge in [0.25, 0.3) is 0 Å². The lowest BCUT2D eigenvalue weighted by Gasteiger charge is -2.13.